The summed E-state index contributed by atoms with van der Waals surface area (Å²) in [6, 6.07) is 10.7. The van der Waals surface area contributed by atoms with E-state index in [1.54, 1.807) is 7.05 Å². The minimum Gasteiger partial charge on any atom is -0.379 e. The lowest BCUT2D eigenvalue weighted by Crippen LogP contribution is -2.39. The first-order valence-corrected chi connectivity index (χ1v) is 11.8. The number of nitrogens with zero attached hydrogens (tertiary/aromatic N) is 2. The van der Waals surface area contributed by atoms with Gasteiger partial charge in [-0.05, 0) is 37.7 Å². The summed E-state index contributed by atoms with van der Waals surface area (Å²) in [5.74, 6) is 0.846. The maximum absolute atomic E-state index is 6.11. The van der Waals surface area contributed by atoms with Crippen LogP contribution in [0.25, 0.3) is 0 Å². The maximum Gasteiger partial charge on any atom is 0.190 e. The molecule has 2 aliphatic rings. The number of benzene rings is 1. The van der Waals surface area contributed by atoms with Crippen molar-refractivity contribution in [1.82, 2.24) is 15.5 Å². The van der Waals surface area contributed by atoms with E-state index in [0.29, 0.717) is 6.10 Å². The third kappa shape index (κ3) is 10.8. The number of guanidine groups is 1. The first-order valence-electron chi connectivity index (χ1n) is 11.8. The molecule has 2 N–H and O–H groups in total. The molecule has 1 aromatic rings. The van der Waals surface area contributed by atoms with E-state index in [2.05, 4.69) is 50.9 Å². The molecule has 182 valence electrons. The van der Waals surface area contributed by atoms with Crippen molar-refractivity contribution in [1.29, 1.82) is 0 Å². The summed E-state index contributed by atoms with van der Waals surface area (Å²) in [6.07, 6.45) is 5.89. The second-order valence-corrected chi connectivity index (χ2v) is 8.32. The van der Waals surface area contributed by atoms with E-state index in [1.165, 1.54) is 5.56 Å². The van der Waals surface area contributed by atoms with Gasteiger partial charge in [0.1, 0.15) is 0 Å². The average molecular weight is 561 g/mol. The zero-order chi connectivity index (χ0) is 21.6. The fourth-order valence-corrected chi connectivity index (χ4v) is 4.00. The predicted octanol–water partition coefficient (Wildman–Crippen LogP) is 3.04. The Morgan fingerprint density at radius 3 is 2.25 bits per heavy atom. The SMILES string of the molecule is CN=C(NCCCOC1CCN(Cc2ccccc2)CC1)NCCCOC1CCOC1.I. The van der Waals surface area contributed by atoms with Gasteiger partial charge in [-0.2, -0.15) is 0 Å². The van der Waals surface area contributed by atoms with Crippen molar-refractivity contribution in [2.45, 2.75) is 50.9 Å². The lowest BCUT2D eigenvalue weighted by atomic mass is 10.1. The van der Waals surface area contributed by atoms with Crippen molar-refractivity contribution in [3.63, 3.8) is 0 Å². The molecule has 2 heterocycles. The molecular formula is C24H41IN4O3. The van der Waals surface area contributed by atoms with Gasteiger partial charge in [0, 0.05) is 59.6 Å². The zero-order valence-corrected chi connectivity index (χ0v) is 21.8. The third-order valence-corrected chi connectivity index (χ3v) is 5.83. The van der Waals surface area contributed by atoms with Crippen LogP contribution in [-0.2, 0) is 20.8 Å². The van der Waals surface area contributed by atoms with Gasteiger partial charge in [0.2, 0.25) is 0 Å². The monoisotopic (exact) mass is 560 g/mol. The highest BCUT2D eigenvalue weighted by atomic mass is 127. The van der Waals surface area contributed by atoms with E-state index < -0.39 is 0 Å². The topological polar surface area (TPSA) is 67.4 Å². The Bertz CT molecular complexity index is 621. The third-order valence-electron chi connectivity index (χ3n) is 5.83. The Morgan fingerprint density at radius 1 is 1.00 bits per heavy atom. The molecule has 32 heavy (non-hydrogen) atoms. The van der Waals surface area contributed by atoms with Crippen LogP contribution in [0.2, 0.25) is 0 Å². The molecule has 0 aliphatic carbocycles. The maximum atomic E-state index is 6.11. The highest BCUT2D eigenvalue weighted by molar-refractivity contribution is 14.0. The molecule has 2 fully saturated rings. The van der Waals surface area contributed by atoms with Crippen LogP contribution >= 0.6 is 24.0 Å². The standard InChI is InChI=1S/C24H40N4O3.HI/c1-25-24(27-13-6-17-31-23-11-18-29-20-23)26-12-5-16-30-22-9-14-28(15-10-22)19-21-7-3-2-4-8-21;/h2-4,7-8,22-23H,5-6,9-20H2,1H3,(H2,25,26,27);1H. The molecule has 7 nitrogen and oxygen atoms in total. The van der Waals surface area contributed by atoms with Gasteiger partial charge in [-0.1, -0.05) is 30.3 Å². The molecule has 8 heteroatoms. The number of nitrogens with one attached hydrogen (secondary N) is 2. The first kappa shape index (κ1) is 27.3. The van der Waals surface area contributed by atoms with Crippen molar-refractivity contribution in [2.24, 2.45) is 4.99 Å². The average Bonchev–Trinajstić information content (AvgIpc) is 3.32. The molecule has 0 aromatic heterocycles. The second-order valence-electron chi connectivity index (χ2n) is 8.32. The predicted molar refractivity (Wildman–Crippen MR) is 140 cm³/mol. The van der Waals surface area contributed by atoms with Gasteiger partial charge in [-0.15, -0.1) is 24.0 Å². The van der Waals surface area contributed by atoms with Gasteiger partial charge in [-0.3, -0.25) is 9.89 Å². The lowest BCUT2D eigenvalue weighted by Gasteiger charge is -2.32. The summed E-state index contributed by atoms with van der Waals surface area (Å²) >= 11 is 0. The largest absolute Gasteiger partial charge is 0.379 e. The van der Waals surface area contributed by atoms with Crippen molar-refractivity contribution in [3.05, 3.63) is 35.9 Å². The van der Waals surface area contributed by atoms with Crippen molar-refractivity contribution < 1.29 is 14.2 Å². The Kier molecular flexibility index (Phi) is 14.2. The summed E-state index contributed by atoms with van der Waals surface area (Å²) < 4.78 is 17.2. The number of piperidine rings is 1. The van der Waals surface area contributed by atoms with Crippen molar-refractivity contribution >= 4 is 29.9 Å². The van der Waals surface area contributed by atoms with Crippen LogP contribution in [0.15, 0.2) is 35.3 Å². The molecule has 1 aromatic carbocycles. The molecule has 0 saturated carbocycles. The van der Waals surface area contributed by atoms with Crippen LogP contribution < -0.4 is 10.6 Å². The van der Waals surface area contributed by atoms with E-state index >= 15 is 0 Å². The quantitative estimate of drug-likeness (QED) is 0.177. The highest BCUT2D eigenvalue weighted by Gasteiger charge is 2.19. The molecule has 1 atom stereocenters. The number of halogens is 1. The molecule has 2 saturated heterocycles. The van der Waals surface area contributed by atoms with Crippen molar-refractivity contribution in [2.75, 3.05) is 59.7 Å². The number of likely N-dealkylation sites (tertiary alicyclic amines) is 1. The number of hydrogen-bond acceptors (Lipinski definition) is 5. The molecule has 0 bridgehead atoms. The fraction of sp³-hybridized carbons (Fsp3) is 0.708. The molecule has 3 rings (SSSR count). The van der Waals surface area contributed by atoms with Crippen LogP contribution in [0.1, 0.15) is 37.7 Å². The van der Waals surface area contributed by atoms with Crippen LogP contribution in [0.5, 0.6) is 0 Å². The highest BCUT2D eigenvalue weighted by Crippen LogP contribution is 2.16. The van der Waals surface area contributed by atoms with Crippen LogP contribution in [-0.4, -0.2) is 82.7 Å². The molecule has 0 spiro atoms. The Balaban J connectivity index is 0.00000363. The smallest absolute Gasteiger partial charge is 0.190 e. The first-order chi connectivity index (χ1) is 15.3. The summed E-state index contributed by atoms with van der Waals surface area (Å²) in [6.45, 7) is 8.12. The van der Waals surface area contributed by atoms with Gasteiger partial charge in [0.05, 0.1) is 18.8 Å². The number of hydrogen-bond donors (Lipinski definition) is 2. The van der Waals surface area contributed by atoms with Gasteiger partial charge < -0.3 is 24.8 Å². The zero-order valence-electron chi connectivity index (χ0n) is 19.5. The van der Waals surface area contributed by atoms with Crippen LogP contribution in [0, 0.1) is 0 Å². The minimum atomic E-state index is 0. The van der Waals surface area contributed by atoms with E-state index in [9.17, 15) is 0 Å². The summed E-state index contributed by atoms with van der Waals surface area (Å²) in [4.78, 5) is 6.81. The van der Waals surface area contributed by atoms with E-state index in [0.717, 1.165) is 97.2 Å². The number of ether oxygens (including phenoxy) is 3. The second kappa shape index (κ2) is 16.6. The van der Waals surface area contributed by atoms with E-state index in [4.69, 9.17) is 14.2 Å². The lowest BCUT2D eigenvalue weighted by molar-refractivity contribution is 0.00534. The molecule has 2 aliphatic heterocycles. The number of aliphatic imine (C=N–C) groups is 1. The summed E-state index contributed by atoms with van der Waals surface area (Å²) in [7, 11) is 1.81. The molecule has 1 unspecified atom stereocenters. The summed E-state index contributed by atoms with van der Waals surface area (Å²) in [5, 5.41) is 6.70. The Labute approximate surface area is 210 Å². The van der Waals surface area contributed by atoms with Gasteiger partial charge in [-0.25, -0.2) is 0 Å². The van der Waals surface area contributed by atoms with Gasteiger partial charge in [0.15, 0.2) is 5.96 Å². The molecular weight excluding hydrogens is 519 g/mol. The minimum absolute atomic E-state index is 0. The van der Waals surface area contributed by atoms with Gasteiger partial charge >= 0.3 is 0 Å². The fourth-order valence-electron chi connectivity index (χ4n) is 4.00. The summed E-state index contributed by atoms with van der Waals surface area (Å²) in [5.41, 5.74) is 1.39. The van der Waals surface area contributed by atoms with Gasteiger partial charge in [0.25, 0.3) is 0 Å². The van der Waals surface area contributed by atoms with Crippen molar-refractivity contribution in [3.8, 4) is 0 Å². The Hall–Kier alpha value is -0.940. The van der Waals surface area contributed by atoms with Crippen LogP contribution in [0.3, 0.4) is 0 Å². The van der Waals surface area contributed by atoms with Crippen LogP contribution in [0.4, 0.5) is 0 Å². The van der Waals surface area contributed by atoms with E-state index in [-0.39, 0.29) is 30.1 Å². The normalized spacial score (nSPS) is 20.2. The van der Waals surface area contributed by atoms with E-state index in [1.807, 2.05) is 0 Å². The number of rotatable bonds is 12. The molecule has 0 radical (unpaired) electrons. The molecule has 0 amide bonds. The Morgan fingerprint density at radius 2 is 1.66 bits per heavy atom.